The molecule has 2 rings (SSSR count). The SMILES string of the molecule is CCCCN(C)C(=O)c1cccc(C(=O)Nc2ccc(N(C)C)cc2)n1. The van der Waals surface area contributed by atoms with Crippen LogP contribution in [0.3, 0.4) is 0 Å². The molecular weight excluding hydrogens is 328 g/mol. The maximum atomic E-state index is 12.4. The molecule has 6 heteroatoms. The minimum Gasteiger partial charge on any atom is -0.378 e. The molecule has 1 N–H and O–H groups in total. The van der Waals surface area contributed by atoms with Crippen molar-refractivity contribution in [1.29, 1.82) is 0 Å². The number of amides is 2. The average Bonchev–Trinajstić information content (AvgIpc) is 2.66. The number of hydrogen-bond acceptors (Lipinski definition) is 4. The van der Waals surface area contributed by atoms with Crippen LogP contribution in [0.5, 0.6) is 0 Å². The highest BCUT2D eigenvalue weighted by atomic mass is 16.2. The summed E-state index contributed by atoms with van der Waals surface area (Å²) >= 11 is 0. The summed E-state index contributed by atoms with van der Waals surface area (Å²) in [7, 11) is 5.66. The molecule has 0 saturated carbocycles. The van der Waals surface area contributed by atoms with Gasteiger partial charge in [-0.1, -0.05) is 19.4 Å². The standard InChI is InChI=1S/C20H26N4O2/c1-5-6-14-24(4)20(26)18-9-7-8-17(22-18)19(25)21-15-10-12-16(13-11-15)23(2)3/h7-13H,5-6,14H2,1-4H3,(H,21,25). The number of benzene rings is 1. The van der Waals surface area contributed by atoms with Crippen molar-refractivity contribution >= 4 is 23.2 Å². The molecule has 1 aromatic carbocycles. The summed E-state index contributed by atoms with van der Waals surface area (Å²) < 4.78 is 0. The molecule has 1 aromatic heterocycles. The lowest BCUT2D eigenvalue weighted by Gasteiger charge is -2.16. The summed E-state index contributed by atoms with van der Waals surface area (Å²) in [4.78, 5) is 32.7. The van der Waals surface area contributed by atoms with Crippen molar-refractivity contribution in [3.05, 3.63) is 53.9 Å². The lowest BCUT2D eigenvalue weighted by atomic mass is 10.2. The summed E-state index contributed by atoms with van der Waals surface area (Å²) in [6, 6.07) is 12.4. The van der Waals surface area contributed by atoms with Gasteiger partial charge in [-0.05, 0) is 42.8 Å². The first-order valence-corrected chi connectivity index (χ1v) is 8.73. The smallest absolute Gasteiger partial charge is 0.274 e. The van der Waals surface area contributed by atoms with E-state index in [4.69, 9.17) is 0 Å². The van der Waals surface area contributed by atoms with Crippen LogP contribution in [-0.2, 0) is 0 Å². The molecule has 0 radical (unpaired) electrons. The van der Waals surface area contributed by atoms with Gasteiger partial charge < -0.3 is 15.1 Å². The molecule has 0 aliphatic rings. The fourth-order valence-corrected chi connectivity index (χ4v) is 2.41. The Morgan fingerprint density at radius 1 is 1.00 bits per heavy atom. The fraction of sp³-hybridized carbons (Fsp3) is 0.350. The number of carbonyl (C=O) groups is 2. The van der Waals surface area contributed by atoms with E-state index in [-0.39, 0.29) is 23.2 Å². The van der Waals surface area contributed by atoms with E-state index in [1.165, 1.54) is 0 Å². The predicted octanol–water partition coefficient (Wildman–Crippen LogP) is 3.27. The van der Waals surface area contributed by atoms with Gasteiger partial charge >= 0.3 is 0 Å². The second-order valence-electron chi connectivity index (χ2n) is 6.38. The Bertz CT molecular complexity index is 757. The van der Waals surface area contributed by atoms with Crippen molar-refractivity contribution in [3.63, 3.8) is 0 Å². The van der Waals surface area contributed by atoms with E-state index in [2.05, 4.69) is 17.2 Å². The van der Waals surface area contributed by atoms with Gasteiger partial charge in [0.1, 0.15) is 11.4 Å². The second kappa shape index (κ2) is 8.99. The molecule has 0 atom stereocenters. The van der Waals surface area contributed by atoms with E-state index >= 15 is 0 Å². The maximum absolute atomic E-state index is 12.4. The van der Waals surface area contributed by atoms with Crippen molar-refractivity contribution in [1.82, 2.24) is 9.88 Å². The molecule has 26 heavy (non-hydrogen) atoms. The molecule has 0 bridgehead atoms. The number of aromatic nitrogens is 1. The summed E-state index contributed by atoms with van der Waals surface area (Å²) in [6.07, 6.45) is 1.95. The first kappa shape index (κ1) is 19.4. The summed E-state index contributed by atoms with van der Waals surface area (Å²) in [6.45, 7) is 2.75. The van der Waals surface area contributed by atoms with Crippen molar-refractivity contribution in [2.45, 2.75) is 19.8 Å². The van der Waals surface area contributed by atoms with Crippen molar-refractivity contribution in [2.75, 3.05) is 37.9 Å². The molecule has 0 saturated heterocycles. The zero-order valence-corrected chi connectivity index (χ0v) is 15.8. The number of anilines is 2. The molecule has 138 valence electrons. The third-order valence-electron chi connectivity index (χ3n) is 4.04. The number of nitrogens with one attached hydrogen (secondary N) is 1. The van der Waals surface area contributed by atoms with Gasteiger partial charge in [0.25, 0.3) is 11.8 Å². The van der Waals surface area contributed by atoms with E-state index < -0.39 is 0 Å². The van der Waals surface area contributed by atoms with Crippen LogP contribution in [0.4, 0.5) is 11.4 Å². The van der Waals surface area contributed by atoms with Crippen LogP contribution >= 0.6 is 0 Å². The minimum absolute atomic E-state index is 0.177. The number of nitrogens with zero attached hydrogens (tertiary/aromatic N) is 3. The predicted molar refractivity (Wildman–Crippen MR) is 105 cm³/mol. The Kier molecular flexibility index (Phi) is 6.72. The highest BCUT2D eigenvalue weighted by Crippen LogP contribution is 2.16. The van der Waals surface area contributed by atoms with Gasteiger partial charge in [-0.2, -0.15) is 0 Å². The summed E-state index contributed by atoms with van der Waals surface area (Å²) in [5.41, 5.74) is 2.22. The van der Waals surface area contributed by atoms with Gasteiger partial charge in [-0.25, -0.2) is 4.98 Å². The van der Waals surface area contributed by atoms with E-state index in [9.17, 15) is 9.59 Å². The first-order chi connectivity index (χ1) is 12.4. The Balaban J connectivity index is 2.08. The minimum atomic E-state index is -0.339. The van der Waals surface area contributed by atoms with Crippen LogP contribution in [0.2, 0.25) is 0 Å². The quantitative estimate of drug-likeness (QED) is 0.829. The molecule has 0 spiro atoms. The van der Waals surface area contributed by atoms with E-state index in [1.54, 1.807) is 30.1 Å². The molecule has 0 unspecified atom stereocenters. The molecule has 2 aromatic rings. The number of hydrogen-bond donors (Lipinski definition) is 1. The Labute approximate surface area is 154 Å². The zero-order chi connectivity index (χ0) is 19.1. The molecule has 0 fully saturated rings. The van der Waals surface area contributed by atoms with E-state index in [1.807, 2.05) is 43.3 Å². The number of unbranched alkanes of at least 4 members (excludes halogenated alkanes) is 1. The topological polar surface area (TPSA) is 65.5 Å². The van der Waals surface area contributed by atoms with Crippen LogP contribution < -0.4 is 10.2 Å². The third kappa shape index (κ3) is 5.05. The molecular formula is C20H26N4O2. The fourth-order valence-electron chi connectivity index (χ4n) is 2.41. The van der Waals surface area contributed by atoms with Crippen LogP contribution in [0, 0.1) is 0 Å². The second-order valence-corrected chi connectivity index (χ2v) is 6.38. The highest BCUT2D eigenvalue weighted by molar-refractivity contribution is 6.03. The van der Waals surface area contributed by atoms with Gasteiger partial charge in [-0.3, -0.25) is 9.59 Å². The van der Waals surface area contributed by atoms with E-state index in [0.717, 1.165) is 18.5 Å². The largest absolute Gasteiger partial charge is 0.378 e. The van der Waals surface area contributed by atoms with Crippen molar-refractivity contribution < 1.29 is 9.59 Å². The number of pyridine rings is 1. The molecule has 2 amide bonds. The number of rotatable bonds is 7. The lowest BCUT2D eigenvalue weighted by molar-refractivity contribution is 0.0787. The Morgan fingerprint density at radius 2 is 1.65 bits per heavy atom. The highest BCUT2D eigenvalue weighted by Gasteiger charge is 2.15. The van der Waals surface area contributed by atoms with Crippen LogP contribution in [0.15, 0.2) is 42.5 Å². The third-order valence-corrected chi connectivity index (χ3v) is 4.04. The Morgan fingerprint density at radius 3 is 2.27 bits per heavy atom. The van der Waals surface area contributed by atoms with Gasteiger partial charge in [0.2, 0.25) is 0 Å². The molecule has 1 heterocycles. The van der Waals surface area contributed by atoms with Crippen LogP contribution in [0.1, 0.15) is 40.7 Å². The maximum Gasteiger partial charge on any atom is 0.274 e. The van der Waals surface area contributed by atoms with Gasteiger partial charge in [0.15, 0.2) is 0 Å². The van der Waals surface area contributed by atoms with E-state index in [0.29, 0.717) is 12.2 Å². The molecule has 0 aliphatic carbocycles. The monoisotopic (exact) mass is 354 g/mol. The molecule has 6 nitrogen and oxygen atoms in total. The normalized spacial score (nSPS) is 10.3. The van der Waals surface area contributed by atoms with Gasteiger partial charge in [0, 0.05) is 39.1 Å². The van der Waals surface area contributed by atoms with Crippen LogP contribution in [-0.4, -0.2) is 49.4 Å². The summed E-state index contributed by atoms with van der Waals surface area (Å²) in [5, 5.41) is 2.81. The first-order valence-electron chi connectivity index (χ1n) is 8.73. The van der Waals surface area contributed by atoms with Crippen LogP contribution in [0.25, 0.3) is 0 Å². The Hall–Kier alpha value is -2.89. The average molecular weight is 354 g/mol. The van der Waals surface area contributed by atoms with Crippen molar-refractivity contribution in [2.24, 2.45) is 0 Å². The van der Waals surface area contributed by atoms with Gasteiger partial charge in [0.05, 0.1) is 0 Å². The lowest BCUT2D eigenvalue weighted by Crippen LogP contribution is -2.29. The summed E-state index contributed by atoms with van der Waals surface area (Å²) in [5.74, 6) is -0.517. The molecule has 0 aliphatic heterocycles. The number of carbonyl (C=O) groups excluding carboxylic acids is 2. The van der Waals surface area contributed by atoms with Crippen molar-refractivity contribution in [3.8, 4) is 0 Å². The zero-order valence-electron chi connectivity index (χ0n) is 15.8. The van der Waals surface area contributed by atoms with Gasteiger partial charge in [-0.15, -0.1) is 0 Å².